The zero-order valence-electron chi connectivity index (χ0n) is 10.5. The third-order valence-corrected chi connectivity index (χ3v) is 3.60. The van der Waals surface area contributed by atoms with Gasteiger partial charge in [-0.1, -0.05) is 31.4 Å². The van der Waals surface area contributed by atoms with Gasteiger partial charge in [-0.15, -0.1) is 0 Å². The van der Waals surface area contributed by atoms with Crippen molar-refractivity contribution in [3.8, 4) is 0 Å². The number of rotatable bonds is 3. The normalized spacial score (nSPS) is 19.7. The Bertz CT molecular complexity index is 514. The maximum atomic E-state index is 13.9. The first kappa shape index (κ1) is 12.6. The molecule has 0 aromatic heterocycles. The Morgan fingerprint density at radius 3 is 2.56 bits per heavy atom. The van der Waals surface area contributed by atoms with Crippen molar-refractivity contribution in [1.82, 2.24) is 0 Å². The summed E-state index contributed by atoms with van der Waals surface area (Å²) in [6, 6.07) is 4.96. The predicted molar refractivity (Wildman–Crippen MR) is 74.8 cm³/mol. The van der Waals surface area contributed by atoms with Crippen molar-refractivity contribution >= 4 is 5.69 Å². The second-order valence-electron chi connectivity index (χ2n) is 4.68. The quantitative estimate of drug-likeness (QED) is 0.785. The molecule has 94 valence electrons. The SMILES string of the molecule is C=CC1=C(C=C)CC(c2ccc(N)cc2F)CC1. The van der Waals surface area contributed by atoms with Crippen molar-refractivity contribution in [3.05, 3.63) is 66.0 Å². The molecule has 1 nitrogen and oxygen atoms in total. The van der Waals surface area contributed by atoms with Gasteiger partial charge in [0.1, 0.15) is 5.82 Å². The van der Waals surface area contributed by atoms with Gasteiger partial charge in [-0.3, -0.25) is 0 Å². The number of allylic oxidation sites excluding steroid dienone is 4. The van der Waals surface area contributed by atoms with Crippen LogP contribution in [-0.4, -0.2) is 0 Å². The second-order valence-corrected chi connectivity index (χ2v) is 4.68. The summed E-state index contributed by atoms with van der Waals surface area (Å²) in [5, 5.41) is 0. The van der Waals surface area contributed by atoms with Crippen LogP contribution in [0.1, 0.15) is 30.7 Å². The zero-order chi connectivity index (χ0) is 13.1. The fourth-order valence-electron chi connectivity index (χ4n) is 2.58. The van der Waals surface area contributed by atoms with Crippen LogP contribution < -0.4 is 5.73 Å². The molecule has 0 heterocycles. The van der Waals surface area contributed by atoms with Crippen molar-refractivity contribution in [3.63, 3.8) is 0 Å². The van der Waals surface area contributed by atoms with Gasteiger partial charge in [0.2, 0.25) is 0 Å². The van der Waals surface area contributed by atoms with Gasteiger partial charge in [0.15, 0.2) is 0 Å². The molecule has 18 heavy (non-hydrogen) atoms. The van der Waals surface area contributed by atoms with Gasteiger partial charge in [0, 0.05) is 5.69 Å². The molecule has 0 saturated carbocycles. The highest BCUT2D eigenvalue weighted by Gasteiger charge is 2.22. The molecule has 1 unspecified atom stereocenters. The number of nitrogen functional groups attached to an aromatic ring is 1. The largest absolute Gasteiger partial charge is 0.399 e. The average Bonchev–Trinajstić information content (AvgIpc) is 2.38. The maximum absolute atomic E-state index is 13.9. The van der Waals surface area contributed by atoms with Crippen molar-refractivity contribution < 1.29 is 4.39 Å². The molecular weight excluding hydrogens is 225 g/mol. The van der Waals surface area contributed by atoms with Crippen molar-refractivity contribution in [1.29, 1.82) is 0 Å². The number of anilines is 1. The fourth-order valence-corrected chi connectivity index (χ4v) is 2.58. The Morgan fingerprint density at radius 2 is 1.94 bits per heavy atom. The molecule has 0 saturated heterocycles. The molecule has 0 spiro atoms. The van der Waals surface area contributed by atoms with Crippen LogP contribution in [-0.2, 0) is 0 Å². The summed E-state index contributed by atoms with van der Waals surface area (Å²) in [6.07, 6.45) is 6.44. The molecule has 0 bridgehead atoms. The molecule has 1 aliphatic rings. The number of hydrogen-bond acceptors (Lipinski definition) is 1. The first-order valence-electron chi connectivity index (χ1n) is 6.17. The van der Waals surface area contributed by atoms with E-state index in [4.69, 9.17) is 5.73 Å². The molecule has 2 rings (SSSR count). The average molecular weight is 243 g/mol. The molecule has 2 N–H and O–H groups in total. The lowest BCUT2D eigenvalue weighted by Gasteiger charge is -2.25. The topological polar surface area (TPSA) is 26.0 Å². The summed E-state index contributed by atoms with van der Waals surface area (Å²) in [5.74, 6) is 0.00719. The first-order chi connectivity index (χ1) is 8.65. The van der Waals surface area contributed by atoms with E-state index in [-0.39, 0.29) is 11.7 Å². The number of nitrogens with two attached hydrogens (primary N) is 1. The minimum absolute atomic E-state index is 0.203. The Hall–Kier alpha value is -1.83. The van der Waals surface area contributed by atoms with Gasteiger partial charge in [0.05, 0.1) is 0 Å². The van der Waals surface area contributed by atoms with Gasteiger partial charge < -0.3 is 5.73 Å². The summed E-state index contributed by atoms with van der Waals surface area (Å²) in [6.45, 7) is 7.64. The summed E-state index contributed by atoms with van der Waals surface area (Å²) in [4.78, 5) is 0. The third-order valence-electron chi connectivity index (χ3n) is 3.60. The highest BCUT2D eigenvalue weighted by atomic mass is 19.1. The minimum Gasteiger partial charge on any atom is -0.399 e. The highest BCUT2D eigenvalue weighted by molar-refractivity contribution is 5.43. The van der Waals surface area contributed by atoms with Crippen molar-refractivity contribution in [2.75, 3.05) is 5.73 Å². The van der Waals surface area contributed by atoms with Crippen LogP contribution in [0.2, 0.25) is 0 Å². The van der Waals surface area contributed by atoms with Gasteiger partial charge >= 0.3 is 0 Å². The number of benzene rings is 1. The lowest BCUT2D eigenvalue weighted by atomic mass is 9.80. The molecule has 0 amide bonds. The van der Waals surface area contributed by atoms with Crippen LogP contribution in [0.25, 0.3) is 0 Å². The molecule has 2 heteroatoms. The van der Waals surface area contributed by atoms with Crippen LogP contribution in [0.15, 0.2) is 54.7 Å². The van der Waals surface area contributed by atoms with Gasteiger partial charge in [-0.2, -0.15) is 0 Å². The maximum Gasteiger partial charge on any atom is 0.128 e. The van der Waals surface area contributed by atoms with E-state index >= 15 is 0 Å². The lowest BCUT2D eigenvalue weighted by Crippen LogP contribution is -2.09. The Morgan fingerprint density at radius 1 is 1.22 bits per heavy atom. The van der Waals surface area contributed by atoms with E-state index in [1.165, 1.54) is 17.2 Å². The van der Waals surface area contributed by atoms with Crippen LogP contribution in [0.4, 0.5) is 10.1 Å². The van der Waals surface area contributed by atoms with Crippen LogP contribution >= 0.6 is 0 Å². The van der Waals surface area contributed by atoms with E-state index in [1.54, 1.807) is 12.1 Å². The van der Waals surface area contributed by atoms with Crippen molar-refractivity contribution in [2.45, 2.75) is 25.2 Å². The lowest BCUT2D eigenvalue weighted by molar-refractivity contribution is 0.538. The Labute approximate surface area is 108 Å². The smallest absolute Gasteiger partial charge is 0.128 e. The summed E-state index contributed by atoms with van der Waals surface area (Å²) >= 11 is 0. The molecule has 0 fully saturated rings. The van der Waals surface area contributed by atoms with Gasteiger partial charge in [0.25, 0.3) is 0 Å². The van der Waals surface area contributed by atoms with Crippen LogP contribution in [0, 0.1) is 5.82 Å². The van der Waals surface area contributed by atoms with E-state index in [0.717, 1.165) is 24.8 Å². The Kier molecular flexibility index (Phi) is 3.66. The highest BCUT2D eigenvalue weighted by Crippen LogP contribution is 2.38. The monoisotopic (exact) mass is 243 g/mol. The summed E-state index contributed by atoms with van der Waals surface area (Å²) in [7, 11) is 0. The summed E-state index contributed by atoms with van der Waals surface area (Å²) in [5.41, 5.74) is 9.21. The van der Waals surface area contributed by atoms with Crippen molar-refractivity contribution in [2.24, 2.45) is 0 Å². The third kappa shape index (κ3) is 2.37. The number of halogens is 1. The van der Waals surface area contributed by atoms with E-state index < -0.39 is 0 Å². The fraction of sp³-hybridized carbons (Fsp3) is 0.250. The molecular formula is C16H18FN. The molecule has 1 atom stereocenters. The molecule has 0 aliphatic heterocycles. The van der Waals surface area contributed by atoms with Crippen LogP contribution in [0.5, 0.6) is 0 Å². The number of hydrogen-bond donors (Lipinski definition) is 1. The Balaban J connectivity index is 2.29. The van der Waals surface area contributed by atoms with E-state index in [2.05, 4.69) is 13.2 Å². The molecule has 1 aliphatic carbocycles. The minimum atomic E-state index is -0.203. The van der Waals surface area contributed by atoms with Crippen LogP contribution in [0.3, 0.4) is 0 Å². The van der Waals surface area contributed by atoms with Gasteiger partial charge in [-0.25, -0.2) is 4.39 Å². The van der Waals surface area contributed by atoms with Gasteiger partial charge in [-0.05, 0) is 54.0 Å². The molecule has 1 aromatic carbocycles. The van der Waals surface area contributed by atoms with E-state index in [9.17, 15) is 4.39 Å². The summed E-state index contributed by atoms with van der Waals surface area (Å²) < 4.78 is 13.9. The molecule has 1 aromatic rings. The first-order valence-corrected chi connectivity index (χ1v) is 6.17. The van der Waals surface area contributed by atoms with E-state index in [1.807, 2.05) is 12.2 Å². The second kappa shape index (κ2) is 5.21. The molecule has 0 radical (unpaired) electrons. The zero-order valence-corrected chi connectivity index (χ0v) is 10.5. The standard InChI is InChI=1S/C16H18FN/c1-3-11-5-6-13(9-12(11)4-2)15-8-7-14(18)10-16(15)17/h3-4,7-8,10,13H,1-2,5-6,9,18H2. The van der Waals surface area contributed by atoms with E-state index in [0.29, 0.717) is 5.69 Å². The predicted octanol–water partition coefficient (Wildman–Crippen LogP) is 4.34.